The summed E-state index contributed by atoms with van der Waals surface area (Å²) in [5.41, 5.74) is 1.74. The van der Waals surface area contributed by atoms with Gasteiger partial charge in [0.1, 0.15) is 0 Å². The van der Waals surface area contributed by atoms with E-state index in [1.807, 2.05) is 6.07 Å². The van der Waals surface area contributed by atoms with Crippen LogP contribution in [0.4, 0.5) is 0 Å². The molecule has 0 radical (unpaired) electrons. The van der Waals surface area contributed by atoms with Crippen molar-refractivity contribution in [1.29, 1.82) is 0 Å². The second-order valence-electron chi connectivity index (χ2n) is 5.47. The molecule has 0 aliphatic heterocycles. The third-order valence-corrected chi connectivity index (χ3v) is 3.59. The molecular formula is C15H22O3. The van der Waals surface area contributed by atoms with Gasteiger partial charge in [0, 0.05) is 12.0 Å². The summed E-state index contributed by atoms with van der Waals surface area (Å²) in [6, 6.07) is 4.15. The monoisotopic (exact) mass is 250 g/mol. The zero-order valence-corrected chi connectivity index (χ0v) is 11.6. The van der Waals surface area contributed by atoms with E-state index in [1.165, 1.54) is 5.56 Å². The molecule has 0 saturated heterocycles. The Morgan fingerprint density at radius 2 is 1.89 bits per heavy atom. The Balaban J connectivity index is 2.42. The smallest absolute Gasteiger partial charge is 0.164 e. The highest BCUT2D eigenvalue weighted by Crippen LogP contribution is 2.43. The number of methoxy groups -OCH3 is 2. The predicted molar refractivity (Wildman–Crippen MR) is 71.5 cm³/mol. The fourth-order valence-corrected chi connectivity index (χ4v) is 2.21. The number of rotatable bonds is 5. The molecule has 1 fully saturated rings. The standard InChI is InChI=1S/C15H22O3/c1-10(2)11-7-12(9-15(16)5-6-15)14(18-4)13(8-11)17-3/h7-8,10,16H,5-6,9H2,1-4H3. The maximum absolute atomic E-state index is 10.1. The molecule has 100 valence electrons. The van der Waals surface area contributed by atoms with Crippen LogP contribution in [0.25, 0.3) is 0 Å². The van der Waals surface area contributed by atoms with E-state index in [1.54, 1.807) is 14.2 Å². The van der Waals surface area contributed by atoms with Gasteiger partial charge in [0.2, 0.25) is 0 Å². The van der Waals surface area contributed by atoms with Crippen molar-refractivity contribution in [2.75, 3.05) is 14.2 Å². The molecular weight excluding hydrogens is 228 g/mol. The summed E-state index contributed by atoms with van der Waals surface area (Å²) in [5.74, 6) is 1.93. The highest BCUT2D eigenvalue weighted by atomic mass is 16.5. The largest absolute Gasteiger partial charge is 0.493 e. The Hall–Kier alpha value is -1.22. The Kier molecular flexibility index (Phi) is 3.53. The molecule has 0 amide bonds. The second kappa shape index (κ2) is 4.81. The van der Waals surface area contributed by atoms with Gasteiger partial charge in [-0.15, -0.1) is 0 Å². The molecule has 3 heteroatoms. The van der Waals surface area contributed by atoms with Crippen LogP contribution in [0.15, 0.2) is 12.1 Å². The first-order valence-electron chi connectivity index (χ1n) is 6.46. The molecule has 1 aromatic rings. The first-order chi connectivity index (χ1) is 8.49. The van der Waals surface area contributed by atoms with Crippen LogP contribution in [0.1, 0.15) is 43.7 Å². The third kappa shape index (κ3) is 2.61. The summed E-state index contributed by atoms with van der Waals surface area (Å²) in [5, 5.41) is 10.1. The van der Waals surface area contributed by atoms with Crippen molar-refractivity contribution in [1.82, 2.24) is 0 Å². The van der Waals surface area contributed by atoms with Crippen LogP contribution in [0, 0.1) is 0 Å². The number of hydrogen-bond donors (Lipinski definition) is 1. The van der Waals surface area contributed by atoms with E-state index >= 15 is 0 Å². The van der Waals surface area contributed by atoms with Gasteiger partial charge in [-0.25, -0.2) is 0 Å². The summed E-state index contributed by atoms with van der Waals surface area (Å²) >= 11 is 0. The van der Waals surface area contributed by atoms with Gasteiger partial charge >= 0.3 is 0 Å². The minimum absolute atomic E-state index is 0.428. The lowest BCUT2D eigenvalue weighted by molar-refractivity contribution is 0.149. The van der Waals surface area contributed by atoms with Crippen molar-refractivity contribution in [3.05, 3.63) is 23.3 Å². The van der Waals surface area contributed by atoms with E-state index in [0.29, 0.717) is 12.3 Å². The van der Waals surface area contributed by atoms with Crippen LogP contribution in [0.3, 0.4) is 0 Å². The minimum atomic E-state index is -0.520. The SMILES string of the molecule is COc1cc(C(C)C)cc(CC2(O)CC2)c1OC. The molecule has 1 aromatic carbocycles. The number of aliphatic hydroxyl groups is 1. The van der Waals surface area contributed by atoms with Gasteiger partial charge in [0.25, 0.3) is 0 Å². The molecule has 0 unspecified atom stereocenters. The van der Waals surface area contributed by atoms with Gasteiger partial charge in [-0.3, -0.25) is 0 Å². The van der Waals surface area contributed by atoms with Crippen molar-refractivity contribution in [2.45, 2.75) is 44.6 Å². The molecule has 0 atom stereocenters. The zero-order chi connectivity index (χ0) is 13.3. The molecule has 0 aromatic heterocycles. The van der Waals surface area contributed by atoms with Crippen molar-refractivity contribution < 1.29 is 14.6 Å². The van der Waals surface area contributed by atoms with Crippen LogP contribution in [-0.2, 0) is 6.42 Å². The van der Waals surface area contributed by atoms with Crippen LogP contribution < -0.4 is 9.47 Å². The summed E-state index contributed by atoms with van der Waals surface area (Å²) in [4.78, 5) is 0. The van der Waals surface area contributed by atoms with E-state index in [2.05, 4.69) is 19.9 Å². The van der Waals surface area contributed by atoms with Crippen LogP contribution >= 0.6 is 0 Å². The maximum Gasteiger partial charge on any atom is 0.164 e. The zero-order valence-electron chi connectivity index (χ0n) is 11.6. The van der Waals surface area contributed by atoms with E-state index in [9.17, 15) is 5.11 Å². The van der Waals surface area contributed by atoms with Crippen molar-refractivity contribution in [3.63, 3.8) is 0 Å². The van der Waals surface area contributed by atoms with E-state index in [0.717, 1.165) is 29.9 Å². The molecule has 0 bridgehead atoms. The minimum Gasteiger partial charge on any atom is -0.493 e. The summed E-state index contributed by atoms with van der Waals surface area (Å²) in [7, 11) is 3.30. The molecule has 1 aliphatic carbocycles. The summed E-state index contributed by atoms with van der Waals surface area (Å²) in [6.45, 7) is 4.30. The summed E-state index contributed by atoms with van der Waals surface area (Å²) in [6.07, 6.45) is 2.40. The number of hydrogen-bond acceptors (Lipinski definition) is 3. The van der Waals surface area contributed by atoms with E-state index in [4.69, 9.17) is 9.47 Å². The van der Waals surface area contributed by atoms with Crippen molar-refractivity contribution in [3.8, 4) is 11.5 Å². The quantitative estimate of drug-likeness (QED) is 0.873. The first-order valence-corrected chi connectivity index (χ1v) is 6.46. The predicted octanol–water partition coefficient (Wildman–Crippen LogP) is 2.89. The number of benzene rings is 1. The summed E-state index contributed by atoms with van der Waals surface area (Å²) < 4.78 is 10.8. The molecule has 1 aliphatic rings. The Morgan fingerprint density at radius 3 is 2.33 bits per heavy atom. The number of ether oxygens (including phenoxy) is 2. The normalized spacial score (nSPS) is 16.8. The highest BCUT2D eigenvalue weighted by Gasteiger charge is 2.41. The molecule has 0 heterocycles. The second-order valence-corrected chi connectivity index (χ2v) is 5.47. The molecule has 1 saturated carbocycles. The van der Waals surface area contributed by atoms with Gasteiger partial charge in [0.15, 0.2) is 11.5 Å². The fraction of sp³-hybridized carbons (Fsp3) is 0.600. The maximum atomic E-state index is 10.1. The molecule has 0 spiro atoms. The molecule has 18 heavy (non-hydrogen) atoms. The van der Waals surface area contributed by atoms with Gasteiger partial charge in [-0.2, -0.15) is 0 Å². The van der Waals surface area contributed by atoms with Crippen molar-refractivity contribution in [2.24, 2.45) is 0 Å². The lowest BCUT2D eigenvalue weighted by Gasteiger charge is -2.18. The Bertz CT molecular complexity index is 434. The molecule has 1 N–H and O–H groups in total. The van der Waals surface area contributed by atoms with Gasteiger partial charge in [-0.05, 0) is 30.4 Å². The van der Waals surface area contributed by atoms with E-state index in [-0.39, 0.29) is 0 Å². The van der Waals surface area contributed by atoms with Crippen LogP contribution in [-0.4, -0.2) is 24.9 Å². The lowest BCUT2D eigenvalue weighted by atomic mass is 9.96. The molecule has 2 rings (SSSR count). The van der Waals surface area contributed by atoms with Crippen molar-refractivity contribution >= 4 is 0 Å². The Labute approximate surface area is 109 Å². The molecule has 3 nitrogen and oxygen atoms in total. The van der Waals surface area contributed by atoms with E-state index < -0.39 is 5.60 Å². The highest BCUT2D eigenvalue weighted by molar-refractivity contribution is 5.51. The van der Waals surface area contributed by atoms with Gasteiger partial charge in [-0.1, -0.05) is 19.9 Å². The lowest BCUT2D eigenvalue weighted by Crippen LogP contribution is -2.12. The Morgan fingerprint density at radius 1 is 1.22 bits per heavy atom. The average molecular weight is 250 g/mol. The topological polar surface area (TPSA) is 38.7 Å². The fourth-order valence-electron chi connectivity index (χ4n) is 2.21. The van der Waals surface area contributed by atoms with Gasteiger partial charge < -0.3 is 14.6 Å². The van der Waals surface area contributed by atoms with Crippen LogP contribution in [0.2, 0.25) is 0 Å². The van der Waals surface area contributed by atoms with Crippen LogP contribution in [0.5, 0.6) is 11.5 Å². The average Bonchev–Trinajstić information content (AvgIpc) is 3.05. The first kappa shape index (κ1) is 13.2. The third-order valence-electron chi connectivity index (χ3n) is 3.59. The van der Waals surface area contributed by atoms with Gasteiger partial charge in [0.05, 0.1) is 19.8 Å².